The Morgan fingerprint density at radius 2 is 2.00 bits per heavy atom. The minimum absolute atomic E-state index is 0. The fourth-order valence-corrected chi connectivity index (χ4v) is 1.46. The molecule has 0 spiro atoms. The molecule has 0 radical (unpaired) electrons. The molecule has 0 aromatic heterocycles. The third-order valence-electron chi connectivity index (χ3n) is 2.34. The number of ether oxygens (including phenoxy) is 1. The van der Waals surface area contributed by atoms with E-state index < -0.39 is 0 Å². The molecular weight excluding hydrogens is 186 g/mol. The minimum atomic E-state index is 0. The van der Waals surface area contributed by atoms with Crippen LogP contribution in [0.1, 0.15) is 26.7 Å². The molecule has 3 heteroatoms. The highest BCUT2D eigenvalue weighted by Gasteiger charge is 2.08. The summed E-state index contributed by atoms with van der Waals surface area (Å²) in [4.78, 5) is 2.52. The molecular formula is C10H22ClNO. The number of halogens is 1. The van der Waals surface area contributed by atoms with Crippen molar-refractivity contribution in [2.24, 2.45) is 5.92 Å². The van der Waals surface area contributed by atoms with Crippen molar-refractivity contribution in [3.63, 3.8) is 0 Å². The Kier molecular flexibility index (Phi) is 7.72. The van der Waals surface area contributed by atoms with Crippen LogP contribution in [0.3, 0.4) is 0 Å². The summed E-state index contributed by atoms with van der Waals surface area (Å²) >= 11 is 0. The van der Waals surface area contributed by atoms with Crippen molar-refractivity contribution >= 4 is 12.4 Å². The van der Waals surface area contributed by atoms with Crippen molar-refractivity contribution in [3.8, 4) is 0 Å². The van der Waals surface area contributed by atoms with Gasteiger partial charge < -0.3 is 9.64 Å². The predicted octanol–water partition coefficient (Wildman–Crippen LogP) is 2.18. The van der Waals surface area contributed by atoms with Gasteiger partial charge in [-0.15, -0.1) is 12.4 Å². The van der Waals surface area contributed by atoms with Gasteiger partial charge in [0.05, 0.1) is 6.61 Å². The molecule has 1 aliphatic heterocycles. The second kappa shape index (κ2) is 7.60. The van der Waals surface area contributed by atoms with E-state index in [4.69, 9.17) is 4.74 Å². The zero-order valence-corrected chi connectivity index (χ0v) is 9.61. The zero-order valence-electron chi connectivity index (χ0n) is 8.79. The summed E-state index contributed by atoms with van der Waals surface area (Å²) in [6.45, 7) is 10.1. The molecule has 0 N–H and O–H groups in total. The molecule has 0 aliphatic carbocycles. The summed E-state index contributed by atoms with van der Waals surface area (Å²) in [6, 6.07) is 0. The summed E-state index contributed by atoms with van der Waals surface area (Å²) in [5, 5.41) is 0. The standard InChI is InChI=1S/C10H21NO.ClH/c1-10(2)4-6-11-5-3-8-12-9-7-11;/h10H,3-9H2,1-2H3;1H. The average Bonchev–Trinajstić information content (AvgIpc) is 2.28. The number of hydrogen-bond acceptors (Lipinski definition) is 2. The largest absolute Gasteiger partial charge is 0.380 e. The molecule has 80 valence electrons. The normalized spacial score (nSPS) is 19.6. The maximum Gasteiger partial charge on any atom is 0.0593 e. The third kappa shape index (κ3) is 6.30. The SMILES string of the molecule is CC(C)CCN1CCCOCC1.Cl. The van der Waals surface area contributed by atoms with Crippen LogP contribution in [-0.2, 0) is 4.74 Å². The van der Waals surface area contributed by atoms with E-state index in [1.807, 2.05) is 0 Å². The van der Waals surface area contributed by atoms with Gasteiger partial charge in [-0.3, -0.25) is 0 Å². The van der Waals surface area contributed by atoms with Crippen molar-refractivity contribution in [1.82, 2.24) is 4.90 Å². The van der Waals surface area contributed by atoms with Crippen molar-refractivity contribution in [3.05, 3.63) is 0 Å². The Hall–Kier alpha value is 0.210. The number of hydrogen-bond donors (Lipinski definition) is 0. The molecule has 0 amide bonds. The van der Waals surface area contributed by atoms with Crippen molar-refractivity contribution < 1.29 is 4.74 Å². The molecule has 0 aromatic carbocycles. The monoisotopic (exact) mass is 207 g/mol. The maximum atomic E-state index is 5.39. The summed E-state index contributed by atoms with van der Waals surface area (Å²) in [6.07, 6.45) is 2.53. The number of nitrogens with zero attached hydrogens (tertiary/aromatic N) is 1. The first-order chi connectivity index (χ1) is 5.79. The van der Waals surface area contributed by atoms with Crippen LogP contribution in [-0.4, -0.2) is 37.7 Å². The van der Waals surface area contributed by atoms with Crippen LogP contribution >= 0.6 is 12.4 Å². The highest BCUT2D eigenvalue weighted by atomic mass is 35.5. The fraction of sp³-hybridized carbons (Fsp3) is 1.00. The summed E-state index contributed by atoms with van der Waals surface area (Å²) in [7, 11) is 0. The molecule has 0 bridgehead atoms. The van der Waals surface area contributed by atoms with Gasteiger partial charge in [-0.2, -0.15) is 0 Å². The molecule has 1 fully saturated rings. The van der Waals surface area contributed by atoms with Crippen LogP contribution in [0.15, 0.2) is 0 Å². The van der Waals surface area contributed by atoms with Gasteiger partial charge in [0.25, 0.3) is 0 Å². The highest BCUT2D eigenvalue weighted by molar-refractivity contribution is 5.85. The number of rotatable bonds is 3. The van der Waals surface area contributed by atoms with E-state index >= 15 is 0 Å². The average molecular weight is 208 g/mol. The highest BCUT2D eigenvalue weighted by Crippen LogP contribution is 2.04. The van der Waals surface area contributed by atoms with Gasteiger partial charge in [-0.05, 0) is 25.3 Å². The second-order valence-corrected chi connectivity index (χ2v) is 3.99. The summed E-state index contributed by atoms with van der Waals surface area (Å²) < 4.78 is 5.39. The topological polar surface area (TPSA) is 12.5 Å². The van der Waals surface area contributed by atoms with E-state index in [0.717, 1.165) is 25.7 Å². The van der Waals surface area contributed by atoms with Gasteiger partial charge in [-0.1, -0.05) is 13.8 Å². The van der Waals surface area contributed by atoms with Gasteiger partial charge in [0.2, 0.25) is 0 Å². The fourth-order valence-electron chi connectivity index (χ4n) is 1.46. The van der Waals surface area contributed by atoms with Crippen LogP contribution in [0.2, 0.25) is 0 Å². The van der Waals surface area contributed by atoms with Crippen LogP contribution in [0, 0.1) is 5.92 Å². The maximum absolute atomic E-state index is 5.39. The lowest BCUT2D eigenvalue weighted by Crippen LogP contribution is -2.28. The Labute approximate surface area is 88.0 Å². The molecule has 13 heavy (non-hydrogen) atoms. The molecule has 0 saturated carbocycles. The van der Waals surface area contributed by atoms with Crippen LogP contribution in [0.25, 0.3) is 0 Å². The Morgan fingerprint density at radius 1 is 1.23 bits per heavy atom. The van der Waals surface area contributed by atoms with E-state index in [-0.39, 0.29) is 12.4 Å². The third-order valence-corrected chi connectivity index (χ3v) is 2.34. The first kappa shape index (κ1) is 13.2. The molecule has 1 aliphatic rings. The lowest BCUT2D eigenvalue weighted by Gasteiger charge is -2.19. The molecule has 0 aromatic rings. The minimum Gasteiger partial charge on any atom is -0.380 e. The molecule has 0 atom stereocenters. The summed E-state index contributed by atoms with van der Waals surface area (Å²) in [5.41, 5.74) is 0. The molecule has 0 unspecified atom stereocenters. The van der Waals surface area contributed by atoms with Crippen molar-refractivity contribution in [2.45, 2.75) is 26.7 Å². The first-order valence-corrected chi connectivity index (χ1v) is 5.09. The lowest BCUT2D eigenvalue weighted by molar-refractivity contribution is 0.140. The molecule has 2 nitrogen and oxygen atoms in total. The second-order valence-electron chi connectivity index (χ2n) is 3.99. The van der Waals surface area contributed by atoms with Gasteiger partial charge >= 0.3 is 0 Å². The Bertz CT molecular complexity index is 111. The quantitative estimate of drug-likeness (QED) is 0.704. The first-order valence-electron chi connectivity index (χ1n) is 5.09. The van der Waals surface area contributed by atoms with E-state index in [1.165, 1.54) is 25.9 Å². The summed E-state index contributed by atoms with van der Waals surface area (Å²) in [5.74, 6) is 0.828. The molecule has 1 heterocycles. The van der Waals surface area contributed by atoms with Crippen LogP contribution < -0.4 is 0 Å². The zero-order chi connectivity index (χ0) is 8.81. The van der Waals surface area contributed by atoms with Gasteiger partial charge in [0.1, 0.15) is 0 Å². The smallest absolute Gasteiger partial charge is 0.0593 e. The van der Waals surface area contributed by atoms with Crippen LogP contribution in [0.4, 0.5) is 0 Å². The lowest BCUT2D eigenvalue weighted by atomic mass is 10.1. The van der Waals surface area contributed by atoms with E-state index in [9.17, 15) is 0 Å². The van der Waals surface area contributed by atoms with E-state index in [2.05, 4.69) is 18.7 Å². The van der Waals surface area contributed by atoms with Crippen LogP contribution in [0.5, 0.6) is 0 Å². The van der Waals surface area contributed by atoms with Crippen molar-refractivity contribution in [2.75, 3.05) is 32.8 Å². The molecule has 1 rings (SSSR count). The predicted molar refractivity (Wildman–Crippen MR) is 58.6 cm³/mol. The van der Waals surface area contributed by atoms with Gasteiger partial charge in [0.15, 0.2) is 0 Å². The van der Waals surface area contributed by atoms with Gasteiger partial charge in [0, 0.05) is 19.7 Å². The van der Waals surface area contributed by atoms with Crippen molar-refractivity contribution in [1.29, 1.82) is 0 Å². The molecule has 1 saturated heterocycles. The Morgan fingerprint density at radius 3 is 2.69 bits per heavy atom. The van der Waals surface area contributed by atoms with E-state index in [1.54, 1.807) is 0 Å². The van der Waals surface area contributed by atoms with Gasteiger partial charge in [-0.25, -0.2) is 0 Å². The van der Waals surface area contributed by atoms with E-state index in [0.29, 0.717) is 0 Å². The Balaban J connectivity index is 0.00000144.